The Kier molecular flexibility index (Phi) is 7.72. The van der Waals surface area contributed by atoms with Gasteiger partial charge in [0.05, 0.1) is 12.5 Å². The molecule has 8 heteroatoms. The summed E-state index contributed by atoms with van der Waals surface area (Å²) in [6, 6.07) is 7.79. The maximum absolute atomic E-state index is 12.3. The van der Waals surface area contributed by atoms with Crippen LogP contribution in [0.4, 0.5) is 10.5 Å². The summed E-state index contributed by atoms with van der Waals surface area (Å²) < 4.78 is 0. The first-order chi connectivity index (χ1) is 11.0. The number of imide groups is 1. The van der Waals surface area contributed by atoms with E-state index in [1.54, 1.807) is 30.3 Å². The van der Waals surface area contributed by atoms with Crippen molar-refractivity contribution in [2.75, 3.05) is 11.9 Å². The minimum absolute atomic E-state index is 0.205. The number of hydrazine groups is 1. The summed E-state index contributed by atoms with van der Waals surface area (Å²) in [7, 11) is 0. The molecule has 0 saturated carbocycles. The number of hydrogen-bond acceptors (Lipinski definition) is 5. The van der Waals surface area contributed by atoms with Crippen LogP contribution < -0.4 is 11.2 Å². The van der Waals surface area contributed by atoms with Gasteiger partial charge in [-0.1, -0.05) is 38.0 Å². The highest BCUT2D eigenvalue weighted by Crippen LogP contribution is 2.13. The van der Waals surface area contributed by atoms with Crippen molar-refractivity contribution in [1.29, 1.82) is 0 Å². The molecule has 0 aliphatic carbocycles. The van der Waals surface area contributed by atoms with Crippen LogP contribution >= 0.6 is 0 Å². The predicted octanol–water partition coefficient (Wildman–Crippen LogP) is 1.57. The van der Waals surface area contributed by atoms with Crippen LogP contribution in [0.15, 0.2) is 30.3 Å². The maximum Gasteiger partial charge on any atom is 0.343 e. The number of para-hydroxylation sites is 1. The first kappa shape index (κ1) is 18.6. The van der Waals surface area contributed by atoms with Gasteiger partial charge >= 0.3 is 6.03 Å². The Morgan fingerprint density at radius 1 is 1.35 bits per heavy atom. The molecule has 0 radical (unpaired) electrons. The summed E-state index contributed by atoms with van der Waals surface area (Å²) in [6.07, 6.45) is 2.15. The van der Waals surface area contributed by atoms with Crippen molar-refractivity contribution in [3.8, 4) is 0 Å². The SMILES string of the molecule is CCCCC(CN(O)C=O)C(=O)N(N)C(=O)Nc1ccccc1. The van der Waals surface area contributed by atoms with E-state index in [0.717, 1.165) is 6.42 Å². The molecule has 0 aliphatic heterocycles. The Morgan fingerprint density at radius 3 is 2.57 bits per heavy atom. The molecular formula is C15H22N4O4. The van der Waals surface area contributed by atoms with Gasteiger partial charge in [0, 0.05) is 5.69 Å². The van der Waals surface area contributed by atoms with E-state index in [-0.39, 0.29) is 13.0 Å². The van der Waals surface area contributed by atoms with Crippen LogP contribution in [0.5, 0.6) is 0 Å². The molecule has 126 valence electrons. The lowest BCUT2D eigenvalue weighted by molar-refractivity contribution is -0.156. The Bertz CT molecular complexity index is 523. The Hall–Kier alpha value is -2.45. The van der Waals surface area contributed by atoms with Crippen LogP contribution in [0, 0.1) is 5.92 Å². The van der Waals surface area contributed by atoms with Gasteiger partial charge in [0.15, 0.2) is 0 Å². The smallest absolute Gasteiger partial charge is 0.306 e. The lowest BCUT2D eigenvalue weighted by atomic mass is 10.0. The van der Waals surface area contributed by atoms with E-state index in [2.05, 4.69) is 5.32 Å². The zero-order valence-corrected chi connectivity index (χ0v) is 13.0. The van der Waals surface area contributed by atoms with E-state index in [1.165, 1.54) is 0 Å². The Morgan fingerprint density at radius 2 is 2.00 bits per heavy atom. The molecule has 1 unspecified atom stereocenters. The standard InChI is InChI=1S/C15H22N4O4/c1-2-3-7-12(10-18(23)11-20)14(21)19(16)15(22)17-13-8-5-4-6-9-13/h4-6,8-9,11-12,23H,2-3,7,10,16H2,1H3,(H,17,22). The number of hydrogen-bond donors (Lipinski definition) is 3. The lowest BCUT2D eigenvalue weighted by Gasteiger charge is -2.23. The summed E-state index contributed by atoms with van der Waals surface area (Å²) in [4.78, 5) is 34.9. The highest BCUT2D eigenvalue weighted by atomic mass is 16.5. The Labute approximate surface area is 134 Å². The number of hydroxylamine groups is 2. The van der Waals surface area contributed by atoms with Gasteiger partial charge in [-0.15, -0.1) is 0 Å². The van der Waals surface area contributed by atoms with E-state index < -0.39 is 17.9 Å². The zero-order valence-electron chi connectivity index (χ0n) is 13.0. The molecule has 0 heterocycles. The highest BCUT2D eigenvalue weighted by molar-refractivity contribution is 6.01. The predicted molar refractivity (Wildman–Crippen MR) is 84.1 cm³/mol. The average Bonchev–Trinajstić information content (AvgIpc) is 2.57. The second-order valence-electron chi connectivity index (χ2n) is 5.07. The van der Waals surface area contributed by atoms with Gasteiger partial charge in [-0.05, 0) is 18.6 Å². The number of amides is 4. The normalized spacial score (nSPS) is 11.4. The maximum atomic E-state index is 12.3. The van der Waals surface area contributed by atoms with Gasteiger partial charge in [-0.3, -0.25) is 14.8 Å². The third-order valence-electron chi connectivity index (χ3n) is 3.27. The fraction of sp³-hybridized carbons (Fsp3) is 0.400. The summed E-state index contributed by atoms with van der Waals surface area (Å²) >= 11 is 0. The second-order valence-corrected chi connectivity index (χ2v) is 5.07. The molecule has 0 fully saturated rings. The van der Waals surface area contributed by atoms with Gasteiger partial charge in [-0.25, -0.2) is 15.7 Å². The van der Waals surface area contributed by atoms with Crippen LogP contribution in [-0.4, -0.2) is 40.2 Å². The average molecular weight is 322 g/mol. The van der Waals surface area contributed by atoms with Crippen LogP contribution in [0.1, 0.15) is 26.2 Å². The number of benzene rings is 1. The largest absolute Gasteiger partial charge is 0.343 e. The molecule has 0 saturated heterocycles. The quantitative estimate of drug-likeness (QED) is 0.221. The number of unbranched alkanes of at least 4 members (excludes halogenated alkanes) is 1. The molecule has 0 bridgehead atoms. The molecule has 4 amide bonds. The summed E-state index contributed by atoms with van der Waals surface area (Å²) in [5.74, 6) is 4.17. The van der Waals surface area contributed by atoms with Gasteiger partial charge in [0.25, 0.3) is 0 Å². The molecule has 1 aromatic rings. The molecule has 0 aliphatic rings. The molecule has 1 atom stereocenters. The number of anilines is 1. The topological polar surface area (TPSA) is 116 Å². The van der Waals surface area contributed by atoms with Crippen molar-refractivity contribution in [1.82, 2.24) is 10.1 Å². The first-order valence-electron chi connectivity index (χ1n) is 7.35. The van der Waals surface area contributed by atoms with Crippen molar-refractivity contribution in [2.24, 2.45) is 11.8 Å². The van der Waals surface area contributed by atoms with E-state index in [9.17, 15) is 19.6 Å². The number of nitrogens with zero attached hydrogens (tertiary/aromatic N) is 2. The van der Waals surface area contributed by atoms with Gasteiger partial charge in [0.2, 0.25) is 12.3 Å². The number of nitrogens with two attached hydrogens (primary N) is 1. The zero-order chi connectivity index (χ0) is 17.2. The van der Waals surface area contributed by atoms with Gasteiger partial charge in [0.1, 0.15) is 0 Å². The number of nitrogens with one attached hydrogen (secondary N) is 1. The van der Waals surface area contributed by atoms with Crippen LogP contribution in [0.2, 0.25) is 0 Å². The summed E-state index contributed by atoms with van der Waals surface area (Å²) in [5, 5.41) is 12.6. The monoisotopic (exact) mass is 322 g/mol. The van der Waals surface area contributed by atoms with E-state index >= 15 is 0 Å². The fourth-order valence-corrected chi connectivity index (χ4v) is 2.01. The van der Waals surface area contributed by atoms with Crippen molar-refractivity contribution in [2.45, 2.75) is 26.2 Å². The Balaban J connectivity index is 2.72. The van der Waals surface area contributed by atoms with Crippen molar-refractivity contribution >= 4 is 24.0 Å². The van der Waals surface area contributed by atoms with Crippen LogP contribution in [-0.2, 0) is 9.59 Å². The molecule has 1 rings (SSSR count). The summed E-state index contributed by atoms with van der Waals surface area (Å²) in [5.41, 5.74) is 0.502. The lowest BCUT2D eigenvalue weighted by Crippen LogP contribution is -2.49. The van der Waals surface area contributed by atoms with Crippen molar-refractivity contribution in [3.63, 3.8) is 0 Å². The van der Waals surface area contributed by atoms with Gasteiger partial charge < -0.3 is 5.32 Å². The fourth-order valence-electron chi connectivity index (χ4n) is 2.01. The van der Waals surface area contributed by atoms with Crippen LogP contribution in [0.3, 0.4) is 0 Å². The third-order valence-corrected chi connectivity index (χ3v) is 3.27. The molecular weight excluding hydrogens is 300 g/mol. The number of rotatable bonds is 8. The molecule has 0 spiro atoms. The summed E-state index contributed by atoms with van der Waals surface area (Å²) in [6.45, 7) is 1.73. The molecule has 0 aromatic heterocycles. The van der Waals surface area contributed by atoms with Crippen molar-refractivity contribution in [3.05, 3.63) is 30.3 Å². The third kappa shape index (κ3) is 6.05. The number of carbonyl (C=O) groups is 3. The first-order valence-corrected chi connectivity index (χ1v) is 7.35. The van der Waals surface area contributed by atoms with Gasteiger partial charge in [-0.2, -0.15) is 5.01 Å². The highest BCUT2D eigenvalue weighted by Gasteiger charge is 2.28. The second kappa shape index (κ2) is 9.54. The molecule has 4 N–H and O–H groups in total. The van der Waals surface area contributed by atoms with E-state index in [1.807, 2.05) is 6.92 Å². The molecule has 8 nitrogen and oxygen atoms in total. The number of urea groups is 1. The molecule has 23 heavy (non-hydrogen) atoms. The minimum atomic E-state index is -0.779. The minimum Gasteiger partial charge on any atom is -0.306 e. The van der Waals surface area contributed by atoms with E-state index in [4.69, 9.17) is 5.84 Å². The van der Waals surface area contributed by atoms with Crippen LogP contribution in [0.25, 0.3) is 0 Å². The number of carbonyl (C=O) groups excluding carboxylic acids is 3. The van der Waals surface area contributed by atoms with Crippen molar-refractivity contribution < 1.29 is 19.6 Å². The van der Waals surface area contributed by atoms with E-state index in [0.29, 0.717) is 28.6 Å². The molecule has 1 aromatic carbocycles.